The first-order valence-corrected chi connectivity index (χ1v) is 11.3. The van der Waals surface area contributed by atoms with Crippen LogP contribution in [0.1, 0.15) is 18.4 Å². The maximum Gasteiger partial charge on any atom is 0.232 e. The topological polar surface area (TPSA) is 66.5 Å². The molecule has 0 unspecified atom stereocenters. The number of hydrogen-bond acceptors (Lipinski definition) is 3. The lowest BCUT2D eigenvalue weighted by atomic mass is 10.0. The van der Waals surface area contributed by atoms with Gasteiger partial charge in [-0.15, -0.1) is 0 Å². The molecule has 0 radical (unpaired) electrons. The zero-order valence-corrected chi connectivity index (χ0v) is 17.3. The van der Waals surface area contributed by atoms with E-state index in [4.69, 9.17) is 0 Å². The number of amides is 1. The summed E-state index contributed by atoms with van der Waals surface area (Å²) in [6.45, 7) is 0.338. The van der Waals surface area contributed by atoms with Crippen molar-refractivity contribution in [3.8, 4) is 0 Å². The first kappa shape index (κ1) is 21.7. The van der Waals surface area contributed by atoms with Crippen molar-refractivity contribution < 1.29 is 22.0 Å². The van der Waals surface area contributed by atoms with Crippen molar-refractivity contribution in [2.45, 2.75) is 19.4 Å². The summed E-state index contributed by atoms with van der Waals surface area (Å²) in [7, 11) is -3.71. The minimum Gasteiger partial charge on any atom is -0.352 e. The highest BCUT2D eigenvalue weighted by Crippen LogP contribution is 2.21. The van der Waals surface area contributed by atoms with Crippen molar-refractivity contribution in [1.29, 1.82) is 0 Å². The fourth-order valence-electron chi connectivity index (χ4n) is 3.24. The van der Waals surface area contributed by atoms with Crippen molar-refractivity contribution in [1.82, 2.24) is 5.32 Å². The van der Waals surface area contributed by atoms with Gasteiger partial charge in [0.25, 0.3) is 0 Å². The van der Waals surface area contributed by atoms with Gasteiger partial charge in [0, 0.05) is 25.6 Å². The number of carbonyl (C=O) groups is 1. The largest absolute Gasteiger partial charge is 0.352 e. The van der Waals surface area contributed by atoms with E-state index < -0.39 is 21.7 Å². The molecule has 158 valence electrons. The van der Waals surface area contributed by atoms with Crippen LogP contribution in [0.3, 0.4) is 0 Å². The predicted octanol–water partition coefficient (Wildman–Crippen LogP) is 3.98. The Bertz CT molecular complexity index is 1160. The molecule has 0 saturated heterocycles. The number of anilines is 1. The zero-order chi connectivity index (χ0) is 21.7. The molecule has 30 heavy (non-hydrogen) atoms. The normalized spacial score (nSPS) is 11.4. The van der Waals surface area contributed by atoms with Crippen LogP contribution >= 0.6 is 0 Å². The first-order chi connectivity index (χ1) is 14.3. The van der Waals surface area contributed by atoms with Gasteiger partial charge in [-0.2, -0.15) is 0 Å². The standard InChI is InChI=1S/C22H22F2N2O3S/c1-30(28,29)26(18-11-12-20(23)21(24)14-18)13-5-10-22(27)25-15-17-8-4-7-16-6-2-3-9-19(16)17/h2-4,6-9,11-12,14H,5,10,13,15H2,1H3,(H,25,27). The van der Waals surface area contributed by atoms with Gasteiger partial charge < -0.3 is 5.32 Å². The number of carbonyl (C=O) groups excluding carboxylic acids is 1. The third kappa shape index (κ3) is 5.33. The molecule has 3 aromatic carbocycles. The number of halogens is 2. The van der Waals surface area contributed by atoms with E-state index in [0.29, 0.717) is 6.54 Å². The lowest BCUT2D eigenvalue weighted by Crippen LogP contribution is -2.32. The van der Waals surface area contributed by atoms with Gasteiger partial charge in [0.15, 0.2) is 11.6 Å². The Morgan fingerprint density at radius 2 is 1.73 bits per heavy atom. The Labute approximate surface area is 174 Å². The maximum atomic E-state index is 13.5. The second-order valence-electron chi connectivity index (χ2n) is 6.95. The summed E-state index contributed by atoms with van der Waals surface area (Å²) in [6, 6.07) is 16.6. The van der Waals surface area contributed by atoms with Gasteiger partial charge in [0.1, 0.15) is 0 Å². The number of rotatable bonds is 8. The summed E-state index contributed by atoms with van der Waals surface area (Å²) in [5.41, 5.74) is 1.01. The van der Waals surface area contributed by atoms with Gasteiger partial charge in [0.2, 0.25) is 15.9 Å². The van der Waals surface area contributed by atoms with Gasteiger partial charge in [-0.25, -0.2) is 17.2 Å². The van der Waals surface area contributed by atoms with Gasteiger partial charge in [-0.3, -0.25) is 9.10 Å². The minimum absolute atomic E-state index is 0.0209. The number of benzene rings is 3. The quantitative estimate of drug-likeness (QED) is 0.586. The van der Waals surface area contributed by atoms with Crippen LogP contribution in [0, 0.1) is 11.6 Å². The molecule has 0 saturated carbocycles. The summed E-state index contributed by atoms with van der Waals surface area (Å²) in [5.74, 6) is -2.41. The minimum atomic E-state index is -3.71. The van der Waals surface area contributed by atoms with E-state index in [1.807, 2.05) is 42.5 Å². The number of hydrogen-bond donors (Lipinski definition) is 1. The molecule has 0 atom stereocenters. The SMILES string of the molecule is CS(=O)(=O)N(CCCC(=O)NCc1cccc2ccccc12)c1ccc(F)c(F)c1. The molecular weight excluding hydrogens is 410 g/mol. The van der Waals surface area contributed by atoms with Crippen LogP contribution in [0.4, 0.5) is 14.5 Å². The second kappa shape index (κ2) is 9.21. The molecule has 0 aliphatic rings. The summed E-state index contributed by atoms with van der Waals surface area (Å²) in [6.07, 6.45) is 1.31. The van der Waals surface area contributed by atoms with Gasteiger partial charge >= 0.3 is 0 Å². The van der Waals surface area contributed by atoms with Crippen LogP contribution in [0.2, 0.25) is 0 Å². The molecule has 0 spiro atoms. The zero-order valence-electron chi connectivity index (χ0n) is 16.4. The van der Waals surface area contributed by atoms with Crippen LogP contribution in [0.15, 0.2) is 60.7 Å². The summed E-state index contributed by atoms with van der Waals surface area (Å²) < 4.78 is 51.7. The van der Waals surface area contributed by atoms with Crippen molar-refractivity contribution in [2.75, 3.05) is 17.1 Å². The Morgan fingerprint density at radius 3 is 2.47 bits per heavy atom. The lowest BCUT2D eigenvalue weighted by Gasteiger charge is -2.22. The maximum absolute atomic E-state index is 13.5. The molecule has 0 aliphatic heterocycles. The molecule has 3 aromatic rings. The molecule has 0 fully saturated rings. The molecule has 5 nitrogen and oxygen atoms in total. The molecular formula is C22H22F2N2O3S. The Hall–Kier alpha value is -3.00. The van der Waals surface area contributed by atoms with E-state index in [9.17, 15) is 22.0 Å². The summed E-state index contributed by atoms with van der Waals surface area (Å²) in [5, 5.41) is 4.98. The Morgan fingerprint density at radius 1 is 1.00 bits per heavy atom. The monoisotopic (exact) mass is 432 g/mol. The number of fused-ring (bicyclic) bond motifs is 1. The van der Waals surface area contributed by atoms with Gasteiger partial charge in [-0.05, 0) is 34.9 Å². The molecule has 3 rings (SSSR count). The van der Waals surface area contributed by atoms with Crippen molar-refractivity contribution in [3.63, 3.8) is 0 Å². The predicted molar refractivity (Wildman–Crippen MR) is 114 cm³/mol. The van der Waals surface area contributed by atoms with E-state index in [2.05, 4.69) is 5.32 Å². The Balaban J connectivity index is 1.58. The second-order valence-corrected chi connectivity index (χ2v) is 8.86. The third-order valence-electron chi connectivity index (χ3n) is 4.71. The third-order valence-corrected chi connectivity index (χ3v) is 5.91. The molecule has 1 amide bonds. The van der Waals surface area contributed by atoms with E-state index in [1.54, 1.807) is 0 Å². The smallest absolute Gasteiger partial charge is 0.232 e. The van der Waals surface area contributed by atoms with Crippen molar-refractivity contribution >= 4 is 32.4 Å². The lowest BCUT2D eigenvalue weighted by molar-refractivity contribution is -0.121. The molecule has 1 N–H and O–H groups in total. The van der Waals surface area contributed by atoms with Crippen LogP contribution in [0.25, 0.3) is 10.8 Å². The highest BCUT2D eigenvalue weighted by molar-refractivity contribution is 7.92. The van der Waals surface area contributed by atoms with Crippen molar-refractivity contribution in [3.05, 3.63) is 77.9 Å². The highest BCUT2D eigenvalue weighted by atomic mass is 32.2. The fourth-order valence-corrected chi connectivity index (χ4v) is 4.20. The van der Waals surface area contributed by atoms with E-state index >= 15 is 0 Å². The number of nitrogens with one attached hydrogen (secondary N) is 1. The first-order valence-electron chi connectivity index (χ1n) is 9.42. The fraction of sp³-hybridized carbons (Fsp3) is 0.227. The van der Waals surface area contributed by atoms with Crippen LogP contribution < -0.4 is 9.62 Å². The number of nitrogens with zero attached hydrogens (tertiary/aromatic N) is 1. The molecule has 0 aliphatic carbocycles. The van der Waals surface area contributed by atoms with Gasteiger partial charge in [-0.1, -0.05) is 42.5 Å². The average Bonchev–Trinajstić information content (AvgIpc) is 2.71. The summed E-state index contributed by atoms with van der Waals surface area (Å²) in [4.78, 5) is 12.2. The van der Waals surface area contributed by atoms with E-state index in [1.165, 1.54) is 6.07 Å². The van der Waals surface area contributed by atoms with E-state index in [0.717, 1.165) is 39.0 Å². The molecule has 0 bridgehead atoms. The highest BCUT2D eigenvalue weighted by Gasteiger charge is 2.19. The van der Waals surface area contributed by atoms with Gasteiger partial charge in [0.05, 0.1) is 11.9 Å². The average molecular weight is 432 g/mol. The Kier molecular flexibility index (Phi) is 6.66. The summed E-state index contributed by atoms with van der Waals surface area (Å²) >= 11 is 0. The number of sulfonamides is 1. The van der Waals surface area contributed by atoms with E-state index in [-0.39, 0.29) is 31.0 Å². The van der Waals surface area contributed by atoms with Crippen LogP contribution in [-0.2, 0) is 21.4 Å². The van der Waals surface area contributed by atoms with Crippen LogP contribution in [0.5, 0.6) is 0 Å². The molecule has 0 aromatic heterocycles. The van der Waals surface area contributed by atoms with Crippen molar-refractivity contribution in [2.24, 2.45) is 0 Å². The van der Waals surface area contributed by atoms with Crippen LogP contribution in [-0.4, -0.2) is 27.1 Å². The molecule has 0 heterocycles. The molecule has 8 heteroatoms.